The molecule has 1 aliphatic carbocycles. The molecule has 0 aromatic carbocycles. The van der Waals surface area contributed by atoms with Gasteiger partial charge < -0.3 is 4.57 Å². The van der Waals surface area contributed by atoms with E-state index in [1.807, 2.05) is 18.5 Å². The molecule has 1 saturated carbocycles. The number of hydrogen-bond donors (Lipinski definition) is 0. The van der Waals surface area contributed by atoms with E-state index in [0.29, 0.717) is 12.5 Å². The molecule has 2 aromatic heterocycles. The van der Waals surface area contributed by atoms with E-state index >= 15 is 0 Å². The molecule has 19 heavy (non-hydrogen) atoms. The zero-order chi connectivity index (χ0) is 13.6. The zero-order valence-electron chi connectivity index (χ0n) is 10.8. The van der Waals surface area contributed by atoms with Gasteiger partial charge in [0.05, 0.1) is 6.54 Å². The van der Waals surface area contributed by atoms with Crippen LogP contribution in [0.25, 0.3) is 0 Å². The molecule has 2 aromatic rings. The smallest absolute Gasteiger partial charge is 0.255 e. The van der Waals surface area contributed by atoms with Crippen LogP contribution in [0.15, 0.2) is 10.9 Å². The molecule has 0 bridgehead atoms. The number of aromatic nitrogens is 5. The minimum atomic E-state index is -0.137. The lowest BCUT2D eigenvalue weighted by Crippen LogP contribution is -2.26. The average Bonchev–Trinajstić information content (AvgIpc) is 3.14. The first-order valence-electron chi connectivity index (χ1n) is 6.18. The molecular weight excluding hydrogens is 266 g/mol. The highest BCUT2D eigenvalue weighted by molar-refractivity contribution is 6.29. The van der Waals surface area contributed by atoms with Gasteiger partial charge in [0, 0.05) is 19.0 Å². The summed E-state index contributed by atoms with van der Waals surface area (Å²) in [6.07, 6.45) is 2.12. The predicted octanol–water partition coefficient (Wildman–Crippen LogP) is 1.26. The van der Waals surface area contributed by atoms with Gasteiger partial charge in [-0.15, -0.1) is 10.2 Å². The highest BCUT2D eigenvalue weighted by Gasteiger charge is 2.29. The number of hydrogen-bond acceptors (Lipinski definition) is 4. The second kappa shape index (κ2) is 4.45. The summed E-state index contributed by atoms with van der Waals surface area (Å²) in [6.45, 7) is 2.26. The zero-order valence-corrected chi connectivity index (χ0v) is 11.6. The van der Waals surface area contributed by atoms with Crippen LogP contribution < -0.4 is 5.56 Å². The lowest BCUT2D eigenvalue weighted by atomic mass is 10.3. The minimum absolute atomic E-state index is 0.137. The molecule has 2 heterocycles. The number of rotatable bonds is 3. The Labute approximate surface area is 115 Å². The monoisotopic (exact) mass is 279 g/mol. The molecule has 0 saturated heterocycles. The number of aryl methyl sites for hydroxylation is 1. The summed E-state index contributed by atoms with van der Waals surface area (Å²) >= 11 is 5.87. The second-order valence-electron chi connectivity index (χ2n) is 4.86. The number of nitrogens with zero attached hydrogens (tertiary/aromatic N) is 5. The Kier molecular flexibility index (Phi) is 2.89. The van der Waals surface area contributed by atoms with Gasteiger partial charge in [-0.25, -0.2) is 4.98 Å². The largest absolute Gasteiger partial charge is 0.317 e. The van der Waals surface area contributed by atoms with Gasteiger partial charge in [0.1, 0.15) is 16.8 Å². The van der Waals surface area contributed by atoms with E-state index in [2.05, 4.69) is 15.2 Å². The SMILES string of the molecule is Cc1nnc(Cn2c(C3CC3)nc(Cl)cc2=O)n1C. The lowest BCUT2D eigenvalue weighted by molar-refractivity contribution is 0.621. The van der Waals surface area contributed by atoms with Gasteiger partial charge in [0.15, 0.2) is 5.82 Å². The van der Waals surface area contributed by atoms with Crippen LogP contribution in [0.5, 0.6) is 0 Å². The topological polar surface area (TPSA) is 65.6 Å². The minimum Gasteiger partial charge on any atom is -0.317 e. The molecule has 1 fully saturated rings. The normalized spacial score (nSPS) is 14.9. The Morgan fingerprint density at radius 1 is 1.42 bits per heavy atom. The third kappa shape index (κ3) is 2.28. The molecule has 7 heteroatoms. The Hall–Kier alpha value is -1.69. The standard InChI is InChI=1S/C12H14ClN5O/c1-7-15-16-10(17(7)2)6-18-11(19)5-9(13)14-12(18)8-3-4-8/h5,8H,3-4,6H2,1-2H3. The molecule has 3 rings (SSSR count). The molecule has 0 aliphatic heterocycles. The van der Waals surface area contributed by atoms with Gasteiger partial charge in [-0.05, 0) is 19.8 Å². The maximum Gasteiger partial charge on any atom is 0.255 e. The fourth-order valence-electron chi connectivity index (χ4n) is 2.04. The van der Waals surface area contributed by atoms with Crippen molar-refractivity contribution in [3.8, 4) is 0 Å². The van der Waals surface area contributed by atoms with E-state index in [0.717, 1.165) is 30.3 Å². The van der Waals surface area contributed by atoms with E-state index in [4.69, 9.17) is 11.6 Å². The summed E-state index contributed by atoms with van der Waals surface area (Å²) in [6, 6.07) is 1.34. The molecule has 100 valence electrons. The Morgan fingerprint density at radius 2 is 2.16 bits per heavy atom. The first-order chi connectivity index (χ1) is 9.06. The van der Waals surface area contributed by atoms with Gasteiger partial charge in [0.2, 0.25) is 0 Å². The van der Waals surface area contributed by atoms with Crippen molar-refractivity contribution in [2.24, 2.45) is 7.05 Å². The average molecular weight is 280 g/mol. The first-order valence-corrected chi connectivity index (χ1v) is 6.56. The number of halogens is 1. The summed E-state index contributed by atoms with van der Waals surface area (Å²) in [4.78, 5) is 16.4. The summed E-state index contributed by atoms with van der Waals surface area (Å²) in [7, 11) is 1.88. The van der Waals surface area contributed by atoms with Gasteiger partial charge in [-0.1, -0.05) is 11.6 Å². The summed E-state index contributed by atoms with van der Waals surface area (Å²) in [5, 5.41) is 8.35. The molecule has 0 amide bonds. The Morgan fingerprint density at radius 3 is 2.74 bits per heavy atom. The van der Waals surface area contributed by atoms with Crippen molar-refractivity contribution >= 4 is 11.6 Å². The summed E-state index contributed by atoms with van der Waals surface area (Å²) in [5.41, 5.74) is -0.137. The van der Waals surface area contributed by atoms with Crippen LogP contribution in [0.3, 0.4) is 0 Å². The molecule has 6 nitrogen and oxygen atoms in total. The van der Waals surface area contributed by atoms with Crippen molar-refractivity contribution < 1.29 is 0 Å². The molecule has 0 radical (unpaired) electrons. The Bertz CT molecular complexity index is 686. The molecule has 0 spiro atoms. The second-order valence-corrected chi connectivity index (χ2v) is 5.25. The van der Waals surface area contributed by atoms with Crippen molar-refractivity contribution in [2.75, 3.05) is 0 Å². The maximum atomic E-state index is 12.1. The van der Waals surface area contributed by atoms with Crippen molar-refractivity contribution in [1.29, 1.82) is 0 Å². The van der Waals surface area contributed by atoms with Crippen molar-refractivity contribution in [3.05, 3.63) is 39.0 Å². The third-order valence-electron chi connectivity index (χ3n) is 3.43. The molecule has 0 N–H and O–H groups in total. The fraction of sp³-hybridized carbons (Fsp3) is 0.500. The summed E-state index contributed by atoms with van der Waals surface area (Å²) in [5.74, 6) is 2.67. The van der Waals surface area contributed by atoms with Crippen LogP contribution in [-0.2, 0) is 13.6 Å². The van der Waals surface area contributed by atoms with Crippen LogP contribution in [0, 0.1) is 6.92 Å². The third-order valence-corrected chi connectivity index (χ3v) is 3.62. The lowest BCUT2D eigenvalue weighted by Gasteiger charge is -2.11. The van der Waals surface area contributed by atoms with Gasteiger partial charge >= 0.3 is 0 Å². The maximum absolute atomic E-state index is 12.1. The van der Waals surface area contributed by atoms with Crippen LogP contribution >= 0.6 is 11.6 Å². The summed E-state index contributed by atoms with van der Waals surface area (Å²) < 4.78 is 3.52. The van der Waals surface area contributed by atoms with Crippen LogP contribution in [-0.4, -0.2) is 24.3 Å². The first kappa shape index (κ1) is 12.3. The van der Waals surface area contributed by atoms with Crippen molar-refractivity contribution in [2.45, 2.75) is 32.2 Å². The molecule has 0 atom stereocenters. The Balaban J connectivity index is 2.05. The van der Waals surface area contributed by atoms with Gasteiger partial charge in [0.25, 0.3) is 5.56 Å². The molecule has 0 unspecified atom stereocenters. The van der Waals surface area contributed by atoms with Crippen molar-refractivity contribution in [3.63, 3.8) is 0 Å². The quantitative estimate of drug-likeness (QED) is 0.794. The molecule has 1 aliphatic rings. The molecular formula is C12H14ClN5O. The van der Waals surface area contributed by atoms with E-state index in [1.165, 1.54) is 6.07 Å². The van der Waals surface area contributed by atoms with E-state index in [1.54, 1.807) is 4.57 Å². The van der Waals surface area contributed by atoms with E-state index < -0.39 is 0 Å². The highest BCUT2D eigenvalue weighted by atomic mass is 35.5. The van der Waals surface area contributed by atoms with Crippen LogP contribution in [0.1, 0.15) is 36.2 Å². The van der Waals surface area contributed by atoms with Gasteiger partial charge in [-0.3, -0.25) is 9.36 Å². The van der Waals surface area contributed by atoms with E-state index in [-0.39, 0.29) is 10.7 Å². The van der Waals surface area contributed by atoms with Crippen LogP contribution in [0.4, 0.5) is 0 Å². The van der Waals surface area contributed by atoms with Crippen LogP contribution in [0.2, 0.25) is 5.15 Å². The fourth-order valence-corrected chi connectivity index (χ4v) is 2.22. The van der Waals surface area contributed by atoms with Crippen molar-refractivity contribution in [1.82, 2.24) is 24.3 Å². The van der Waals surface area contributed by atoms with Gasteiger partial charge in [-0.2, -0.15) is 0 Å². The van der Waals surface area contributed by atoms with E-state index in [9.17, 15) is 4.79 Å². The predicted molar refractivity (Wildman–Crippen MR) is 70.3 cm³/mol. The highest BCUT2D eigenvalue weighted by Crippen LogP contribution is 2.38.